The lowest BCUT2D eigenvalue weighted by Gasteiger charge is -2.34. The number of carbonyl (C=O) groups is 2. The van der Waals surface area contributed by atoms with E-state index in [4.69, 9.17) is 4.74 Å². The number of nitrogens with zero attached hydrogens (tertiary/aromatic N) is 1. The van der Waals surface area contributed by atoms with Gasteiger partial charge in [-0.15, -0.1) is 0 Å². The van der Waals surface area contributed by atoms with Gasteiger partial charge in [0.1, 0.15) is 0 Å². The molecule has 0 fully saturated rings. The van der Waals surface area contributed by atoms with Crippen molar-refractivity contribution in [2.45, 2.75) is 64.1 Å². The zero-order chi connectivity index (χ0) is 22.8. The smallest absolute Gasteiger partial charge is 0.385 e. The molecule has 2 unspecified atom stereocenters. The molecule has 1 rings (SSSR count). The Morgan fingerprint density at radius 3 is 2.47 bits per heavy atom. The van der Waals surface area contributed by atoms with Crippen LogP contribution < -0.4 is 10.6 Å². The predicted octanol–water partition coefficient (Wildman–Crippen LogP) is 3.03. The summed E-state index contributed by atoms with van der Waals surface area (Å²) in [6.07, 6.45) is 1.79. The maximum Gasteiger partial charge on any atom is 0.395 e. The molecule has 1 aliphatic carbocycles. The maximum absolute atomic E-state index is 13.5. The first-order valence-corrected chi connectivity index (χ1v) is 10.4. The van der Waals surface area contributed by atoms with Crippen LogP contribution in [0, 0.1) is 5.41 Å². The van der Waals surface area contributed by atoms with E-state index >= 15 is 0 Å². The lowest BCUT2D eigenvalue weighted by atomic mass is 9.85. The molecule has 0 aliphatic heterocycles. The van der Waals surface area contributed by atoms with Crippen molar-refractivity contribution in [3.63, 3.8) is 0 Å². The topological polar surface area (TPSA) is 70.7 Å². The molecule has 2 atom stereocenters. The maximum atomic E-state index is 13.5. The summed E-state index contributed by atoms with van der Waals surface area (Å²) >= 11 is 0. The predicted molar refractivity (Wildman–Crippen MR) is 110 cm³/mol. The fourth-order valence-corrected chi connectivity index (χ4v) is 3.63. The van der Waals surface area contributed by atoms with Crippen LogP contribution in [-0.4, -0.2) is 69.8 Å². The number of alkyl halides is 3. The largest absolute Gasteiger partial charge is 0.395 e. The normalized spacial score (nSPS) is 17.8. The number of halogens is 3. The summed E-state index contributed by atoms with van der Waals surface area (Å²) in [6.45, 7) is 1.19. The molecule has 0 saturated heterocycles. The third-order valence-electron chi connectivity index (χ3n) is 5.25. The highest BCUT2D eigenvalue weighted by Crippen LogP contribution is 2.41. The lowest BCUT2D eigenvalue weighted by molar-refractivity contribution is -0.223. The molecule has 0 spiro atoms. The minimum Gasteiger partial charge on any atom is -0.385 e. The van der Waals surface area contributed by atoms with Crippen LogP contribution in [0.3, 0.4) is 0 Å². The molecule has 6 nitrogen and oxygen atoms in total. The monoisotopic (exact) mass is 435 g/mol. The molecule has 0 saturated carbocycles. The van der Waals surface area contributed by atoms with E-state index in [9.17, 15) is 22.8 Å². The van der Waals surface area contributed by atoms with E-state index in [1.54, 1.807) is 14.1 Å². The second-order valence-corrected chi connectivity index (χ2v) is 8.61. The first-order valence-electron chi connectivity index (χ1n) is 10.4. The van der Waals surface area contributed by atoms with E-state index < -0.39 is 30.0 Å². The van der Waals surface area contributed by atoms with Crippen molar-refractivity contribution >= 4 is 11.8 Å². The van der Waals surface area contributed by atoms with Gasteiger partial charge >= 0.3 is 6.18 Å². The number of hydrogen-bond acceptors (Lipinski definition) is 4. The molecule has 0 aromatic heterocycles. The van der Waals surface area contributed by atoms with Crippen molar-refractivity contribution in [2.75, 3.05) is 40.9 Å². The summed E-state index contributed by atoms with van der Waals surface area (Å²) in [7, 11) is 4.61. The van der Waals surface area contributed by atoms with E-state index in [1.807, 2.05) is 0 Å². The molecule has 1 aliphatic rings. The van der Waals surface area contributed by atoms with Crippen LogP contribution in [0.2, 0.25) is 0 Å². The molecule has 0 radical (unpaired) electrons. The quantitative estimate of drug-likeness (QED) is 0.463. The minimum absolute atomic E-state index is 0.0584. The second-order valence-electron chi connectivity index (χ2n) is 8.61. The molecule has 0 bridgehead atoms. The van der Waals surface area contributed by atoms with Gasteiger partial charge in [-0.05, 0) is 53.1 Å². The number of ether oxygens (including phenoxy) is 1. The lowest BCUT2D eigenvalue weighted by Crippen LogP contribution is -2.49. The van der Waals surface area contributed by atoms with Crippen LogP contribution in [0.25, 0.3) is 0 Å². The fourth-order valence-electron chi connectivity index (χ4n) is 3.63. The molecule has 0 aromatic rings. The first-order chi connectivity index (χ1) is 14.0. The Labute approximate surface area is 177 Å². The molecule has 30 heavy (non-hydrogen) atoms. The number of amides is 2. The summed E-state index contributed by atoms with van der Waals surface area (Å²) in [4.78, 5) is 26.1. The zero-order valence-electron chi connectivity index (χ0n) is 18.5. The first kappa shape index (κ1) is 26.4. The highest BCUT2D eigenvalue weighted by atomic mass is 19.4. The van der Waals surface area contributed by atoms with Crippen LogP contribution >= 0.6 is 0 Å². The average molecular weight is 436 g/mol. The summed E-state index contributed by atoms with van der Waals surface area (Å²) in [6, 6.07) is -0.406. The third-order valence-corrected chi connectivity index (χ3v) is 5.25. The van der Waals surface area contributed by atoms with Crippen LogP contribution in [0.5, 0.6) is 0 Å². The summed E-state index contributed by atoms with van der Waals surface area (Å²) in [5, 5.41) is 5.43. The zero-order valence-corrected chi connectivity index (χ0v) is 18.5. The number of nitrogens with one attached hydrogen (secondary N) is 2. The van der Waals surface area contributed by atoms with Crippen molar-refractivity contribution in [2.24, 2.45) is 5.41 Å². The SMILES string of the molecule is COCCC(CNC(=O)CC(C)(CN(C)C)C(F)(F)F)NC(=O)CC1=CCCCC1. The molecular weight excluding hydrogens is 399 g/mol. The van der Waals surface area contributed by atoms with E-state index in [1.165, 1.54) is 12.0 Å². The average Bonchev–Trinajstić information content (AvgIpc) is 2.63. The molecule has 0 heterocycles. The Morgan fingerprint density at radius 1 is 1.23 bits per heavy atom. The highest BCUT2D eigenvalue weighted by molar-refractivity contribution is 5.79. The van der Waals surface area contributed by atoms with Crippen molar-refractivity contribution in [1.82, 2.24) is 15.5 Å². The molecule has 2 N–H and O–H groups in total. The molecule has 9 heteroatoms. The van der Waals surface area contributed by atoms with Gasteiger partial charge in [0, 0.05) is 45.7 Å². The second kappa shape index (κ2) is 12.3. The Kier molecular flexibility index (Phi) is 10.8. The van der Waals surface area contributed by atoms with Gasteiger partial charge in [-0.2, -0.15) is 13.2 Å². The Hall–Kier alpha value is -1.61. The van der Waals surface area contributed by atoms with Crippen molar-refractivity contribution in [1.29, 1.82) is 0 Å². The fraction of sp³-hybridized carbons (Fsp3) is 0.810. The van der Waals surface area contributed by atoms with E-state index in [0.717, 1.165) is 38.2 Å². The van der Waals surface area contributed by atoms with E-state index in [2.05, 4.69) is 16.7 Å². The number of methoxy groups -OCH3 is 1. The van der Waals surface area contributed by atoms with Crippen LogP contribution in [0.15, 0.2) is 11.6 Å². The van der Waals surface area contributed by atoms with Gasteiger partial charge in [-0.1, -0.05) is 11.6 Å². The van der Waals surface area contributed by atoms with Gasteiger partial charge in [-0.3, -0.25) is 9.59 Å². The summed E-state index contributed by atoms with van der Waals surface area (Å²) in [5.74, 6) is -0.838. The van der Waals surface area contributed by atoms with E-state index in [-0.39, 0.29) is 19.0 Å². The number of carbonyl (C=O) groups excluding carboxylic acids is 2. The van der Waals surface area contributed by atoms with Gasteiger partial charge in [-0.25, -0.2) is 0 Å². The van der Waals surface area contributed by atoms with Crippen LogP contribution in [0.4, 0.5) is 13.2 Å². The Morgan fingerprint density at radius 2 is 1.93 bits per heavy atom. The van der Waals surface area contributed by atoms with Crippen molar-refractivity contribution < 1.29 is 27.5 Å². The van der Waals surface area contributed by atoms with Crippen molar-refractivity contribution in [3.05, 3.63) is 11.6 Å². The third kappa shape index (κ3) is 9.47. The van der Waals surface area contributed by atoms with Gasteiger partial charge in [0.05, 0.1) is 5.41 Å². The molecule has 2 amide bonds. The van der Waals surface area contributed by atoms with Crippen LogP contribution in [0.1, 0.15) is 51.9 Å². The summed E-state index contributed by atoms with van der Waals surface area (Å²) < 4.78 is 45.5. The number of hydrogen-bond donors (Lipinski definition) is 2. The molecule has 174 valence electrons. The van der Waals surface area contributed by atoms with Crippen LogP contribution in [-0.2, 0) is 14.3 Å². The van der Waals surface area contributed by atoms with Gasteiger partial charge in [0.25, 0.3) is 0 Å². The van der Waals surface area contributed by atoms with E-state index in [0.29, 0.717) is 19.4 Å². The van der Waals surface area contributed by atoms with Crippen molar-refractivity contribution in [3.8, 4) is 0 Å². The van der Waals surface area contributed by atoms with Gasteiger partial charge in [0.15, 0.2) is 0 Å². The summed E-state index contributed by atoms with van der Waals surface area (Å²) in [5.41, 5.74) is -1.04. The highest BCUT2D eigenvalue weighted by Gasteiger charge is 2.52. The standard InChI is InChI=1S/C21H36F3N3O3/c1-20(15-27(2)3,21(22,23)24)13-19(29)25-14-17(10-11-30-4)26-18(28)12-16-8-6-5-7-9-16/h8,17H,5-7,9-15H2,1-4H3,(H,25,29)(H,26,28). The van der Waals surface area contributed by atoms with Gasteiger partial charge < -0.3 is 20.3 Å². The molecule has 0 aromatic carbocycles. The Bertz CT molecular complexity index is 594. The number of allylic oxidation sites excluding steroid dienone is 1. The Balaban J connectivity index is 2.63. The molecular formula is C21H36F3N3O3. The minimum atomic E-state index is -4.51. The van der Waals surface area contributed by atoms with Gasteiger partial charge in [0.2, 0.25) is 11.8 Å². The number of rotatable bonds is 12.